The van der Waals surface area contributed by atoms with Gasteiger partial charge < -0.3 is 10.8 Å². The molecule has 21 heavy (non-hydrogen) atoms. The van der Waals surface area contributed by atoms with Crippen LogP contribution in [0.15, 0.2) is 48.5 Å². The summed E-state index contributed by atoms with van der Waals surface area (Å²) in [7, 11) is 0. The van der Waals surface area contributed by atoms with Crippen LogP contribution < -0.4 is 5.73 Å². The van der Waals surface area contributed by atoms with Gasteiger partial charge in [0.1, 0.15) is 6.23 Å². The summed E-state index contributed by atoms with van der Waals surface area (Å²) in [5.41, 5.74) is 10.2. The molecule has 0 bridgehead atoms. The quantitative estimate of drug-likeness (QED) is 0.815. The lowest BCUT2D eigenvalue weighted by Gasteiger charge is -2.11. The second-order valence-electron chi connectivity index (χ2n) is 4.87. The first-order valence-electron chi connectivity index (χ1n) is 7.79. The van der Waals surface area contributed by atoms with Crippen LogP contribution >= 0.6 is 0 Å². The van der Waals surface area contributed by atoms with Gasteiger partial charge >= 0.3 is 0 Å². The van der Waals surface area contributed by atoms with E-state index in [1.807, 2.05) is 32.0 Å². The maximum atomic E-state index is 9.53. The molecular weight excluding hydrogens is 258 g/mol. The topological polar surface area (TPSA) is 46.2 Å². The third-order valence-electron chi connectivity index (χ3n) is 3.37. The van der Waals surface area contributed by atoms with Crippen molar-refractivity contribution in [3.63, 3.8) is 0 Å². The average Bonchev–Trinajstić information content (AvgIpc) is 2.55. The van der Waals surface area contributed by atoms with Crippen molar-refractivity contribution >= 4 is 0 Å². The van der Waals surface area contributed by atoms with Crippen LogP contribution in [0.4, 0.5) is 0 Å². The molecule has 0 heterocycles. The van der Waals surface area contributed by atoms with Gasteiger partial charge in [-0.05, 0) is 41.5 Å². The van der Waals surface area contributed by atoms with Crippen molar-refractivity contribution in [2.24, 2.45) is 5.73 Å². The number of aliphatic hydroxyl groups is 1. The number of aryl methyl sites for hydroxylation is 3. The largest absolute Gasteiger partial charge is 0.375 e. The van der Waals surface area contributed by atoms with Crippen molar-refractivity contribution in [1.82, 2.24) is 0 Å². The van der Waals surface area contributed by atoms with E-state index < -0.39 is 6.23 Å². The van der Waals surface area contributed by atoms with E-state index in [-0.39, 0.29) is 0 Å². The number of rotatable bonds is 5. The van der Waals surface area contributed by atoms with Crippen LogP contribution in [0.3, 0.4) is 0 Å². The lowest BCUT2D eigenvalue weighted by Crippen LogP contribution is -2.09. The van der Waals surface area contributed by atoms with E-state index in [4.69, 9.17) is 5.73 Å². The summed E-state index contributed by atoms with van der Waals surface area (Å²) in [6.45, 7) is 6.11. The van der Waals surface area contributed by atoms with E-state index in [0.717, 1.165) is 24.8 Å². The Bertz CT molecular complexity index is 520. The minimum absolute atomic E-state index is 0.808. The SMILES string of the molecule is CC.CCc1cc(CCc2ccccc2)cc(C(N)O)c1. The van der Waals surface area contributed by atoms with Gasteiger partial charge in [-0.1, -0.05) is 69.3 Å². The van der Waals surface area contributed by atoms with E-state index in [2.05, 4.69) is 37.3 Å². The molecule has 0 fully saturated rings. The third-order valence-corrected chi connectivity index (χ3v) is 3.37. The molecule has 2 rings (SSSR count). The first-order chi connectivity index (χ1) is 10.2. The van der Waals surface area contributed by atoms with Crippen molar-refractivity contribution in [3.8, 4) is 0 Å². The van der Waals surface area contributed by atoms with Gasteiger partial charge in [0.05, 0.1) is 0 Å². The summed E-state index contributed by atoms with van der Waals surface area (Å²) in [6, 6.07) is 16.6. The molecule has 2 aromatic rings. The lowest BCUT2D eigenvalue weighted by atomic mass is 9.98. The molecule has 2 aromatic carbocycles. The molecule has 0 aliphatic carbocycles. The highest BCUT2D eigenvalue weighted by atomic mass is 16.3. The summed E-state index contributed by atoms with van der Waals surface area (Å²) in [6.07, 6.45) is 2.05. The Kier molecular flexibility index (Phi) is 7.73. The van der Waals surface area contributed by atoms with Gasteiger partial charge in [0, 0.05) is 0 Å². The van der Waals surface area contributed by atoms with Crippen LogP contribution in [0.5, 0.6) is 0 Å². The van der Waals surface area contributed by atoms with Crippen molar-refractivity contribution < 1.29 is 5.11 Å². The molecule has 0 saturated carbocycles. The van der Waals surface area contributed by atoms with Gasteiger partial charge in [-0.15, -0.1) is 0 Å². The Hall–Kier alpha value is -1.64. The molecular formula is C19H27NO. The summed E-state index contributed by atoms with van der Waals surface area (Å²) < 4.78 is 0. The molecule has 0 saturated heterocycles. The summed E-state index contributed by atoms with van der Waals surface area (Å²) in [4.78, 5) is 0. The molecule has 0 aromatic heterocycles. The maximum absolute atomic E-state index is 9.53. The van der Waals surface area contributed by atoms with Crippen LogP contribution in [0.1, 0.15) is 49.3 Å². The number of hydrogen-bond donors (Lipinski definition) is 2. The van der Waals surface area contributed by atoms with Crippen molar-refractivity contribution in [2.75, 3.05) is 0 Å². The van der Waals surface area contributed by atoms with E-state index in [9.17, 15) is 5.11 Å². The molecule has 0 aliphatic rings. The molecule has 1 unspecified atom stereocenters. The molecule has 1 atom stereocenters. The molecule has 0 aliphatic heterocycles. The monoisotopic (exact) mass is 285 g/mol. The van der Waals surface area contributed by atoms with E-state index in [1.54, 1.807) is 0 Å². The van der Waals surface area contributed by atoms with Gasteiger partial charge in [-0.25, -0.2) is 0 Å². The maximum Gasteiger partial charge on any atom is 0.128 e. The van der Waals surface area contributed by atoms with Crippen molar-refractivity contribution in [2.45, 2.75) is 46.3 Å². The Morgan fingerprint density at radius 2 is 1.48 bits per heavy atom. The van der Waals surface area contributed by atoms with E-state index >= 15 is 0 Å². The van der Waals surface area contributed by atoms with Crippen LogP contribution in [0.25, 0.3) is 0 Å². The van der Waals surface area contributed by atoms with Crippen molar-refractivity contribution in [1.29, 1.82) is 0 Å². The number of aliphatic hydroxyl groups excluding tert-OH is 1. The highest BCUT2D eigenvalue weighted by Crippen LogP contribution is 2.17. The second-order valence-corrected chi connectivity index (χ2v) is 4.87. The predicted molar refractivity (Wildman–Crippen MR) is 90.2 cm³/mol. The first-order valence-corrected chi connectivity index (χ1v) is 7.79. The number of hydrogen-bond acceptors (Lipinski definition) is 2. The van der Waals surface area contributed by atoms with E-state index in [0.29, 0.717) is 0 Å². The molecule has 2 nitrogen and oxygen atoms in total. The molecule has 3 N–H and O–H groups in total. The fraction of sp³-hybridized carbons (Fsp3) is 0.368. The zero-order valence-corrected chi connectivity index (χ0v) is 13.3. The normalized spacial score (nSPS) is 11.5. The lowest BCUT2D eigenvalue weighted by molar-refractivity contribution is 0.186. The molecule has 2 heteroatoms. The summed E-state index contributed by atoms with van der Waals surface area (Å²) >= 11 is 0. The zero-order chi connectivity index (χ0) is 15.7. The standard InChI is InChI=1S/C17H21NO.C2H6/c1-2-13-10-15(12-16(11-13)17(18)19)9-8-14-6-4-3-5-7-14;1-2/h3-7,10-12,17,19H,2,8-9,18H2,1H3;1-2H3. The van der Waals surface area contributed by atoms with Gasteiger partial charge in [0.2, 0.25) is 0 Å². The van der Waals surface area contributed by atoms with Crippen LogP contribution in [0.2, 0.25) is 0 Å². The number of nitrogens with two attached hydrogens (primary N) is 1. The average molecular weight is 285 g/mol. The zero-order valence-electron chi connectivity index (χ0n) is 13.3. The Morgan fingerprint density at radius 1 is 0.905 bits per heavy atom. The predicted octanol–water partition coefficient (Wildman–Crippen LogP) is 4.01. The molecule has 114 valence electrons. The van der Waals surface area contributed by atoms with Gasteiger partial charge in [-0.2, -0.15) is 0 Å². The fourth-order valence-electron chi connectivity index (χ4n) is 2.24. The smallest absolute Gasteiger partial charge is 0.128 e. The highest BCUT2D eigenvalue weighted by Gasteiger charge is 2.05. The van der Waals surface area contributed by atoms with Crippen LogP contribution in [-0.2, 0) is 19.3 Å². The second kappa shape index (κ2) is 9.32. The minimum atomic E-state index is -0.887. The summed E-state index contributed by atoms with van der Waals surface area (Å²) in [5, 5.41) is 9.53. The van der Waals surface area contributed by atoms with Crippen LogP contribution in [-0.4, -0.2) is 5.11 Å². The Morgan fingerprint density at radius 3 is 2.05 bits per heavy atom. The molecule has 0 amide bonds. The third kappa shape index (κ3) is 5.70. The summed E-state index contributed by atoms with van der Waals surface area (Å²) in [5.74, 6) is 0. The first kappa shape index (κ1) is 17.4. The van der Waals surface area contributed by atoms with Gasteiger partial charge in [0.15, 0.2) is 0 Å². The van der Waals surface area contributed by atoms with Crippen LogP contribution in [0, 0.1) is 0 Å². The van der Waals surface area contributed by atoms with E-state index in [1.165, 1.54) is 16.7 Å². The highest BCUT2D eigenvalue weighted by molar-refractivity contribution is 5.32. The molecule has 0 spiro atoms. The Balaban J connectivity index is 0.00000106. The Labute approximate surface area is 128 Å². The number of benzene rings is 2. The molecule has 0 radical (unpaired) electrons. The van der Waals surface area contributed by atoms with Crippen molar-refractivity contribution in [3.05, 3.63) is 70.8 Å². The van der Waals surface area contributed by atoms with Gasteiger partial charge in [0.25, 0.3) is 0 Å². The minimum Gasteiger partial charge on any atom is -0.375 e. The van der Waals surface area contributed by atoms with Gasteiger partial charge in [-0.3, -0.25) is 0 Å². The fourth-order valence-corrected chi connectivity index (χ4v) is 2.24.